The molecule has 0 spiro atoms. The van der Waals surface area contributed by atoms with Crippen LogP contribution in [-0.4, -0.2) is 11.8 Å². The van der Waals surface area contributed by atoms with Gasteiger partial charge in [-0.2, -0.15) is 0 Å². The molecule has 0 saturated carbocycles. The molecule has 0 bridgehead atoms. The molecule has 0 aliphatic carbocycles. The van der Waals surface area contributed by atoms with Crippen LogP contribution in [0.3, 0.4) is 0 Å². The van der Waals surface area contributed by atoms with Crippen LogP contribution >= 0.6 is 0 Å². The average Bonchev–Trinajstić information content (AvgIpc) is 2.82. The Bertz CT molecular complexity index is 556. The fourth-order valence-corrected chi connectivity index (χ4v) is 3.01. The summed E-state index contributed by atoms with van der Waals surface area (Å²) in [5, 5.41) is 0. The number of benzene rings is 1. The number of Topliss-reactive ketones (excluding diaryl/α,β-unsaturated/α-hetero) is 1. The number of carbonyl (C=O) groups is 2. The van der Waals surface area contributed by atoms with Crippen molar-refractivity contribution in [3.05, 3.63) is 47.5 Å². The first-order valence-electron chi connectivity index (χ1n) is 7.46. The molecular weight excluding hydrogens is 264 g/mol. The molecule has 0 N–H and O–H groups in total. The van der Waals surface area contributed by atoms with E-state index in [4.69, 9.17) is 4.74 Å². The molecule has 0 fully saturated rings. The first-order chi connectivity index (χ1) is 9.98. The van der Waals surface area contributed by atoms with E-state index in [1.807, 2.05) is 37.3 Å². The SMILES string of the molecule is CCC[C@@H](CC(C)=O)[C@]1(c2ccc(C)cc2)C=CC(=O)O1. The minimum Gasteiger partial charge on any atom is -0.446 e. The number of aryl methyl sites for hydroxylation is 1. The molecule has 1 aliphatic rings. The second-order valence-electron chi connectivity index (χ2n) is 5.81. The maximum Gasteiger partial charge on any atom is 0.331 e. The molecule has 112 valence electrons. The van der Waals surface area contributed by atoms with Gasteiger partial charge in [-0.1, -0.05) is 43.2 Å². The van der Waals surface area contributed by atoms with Gasteiger partial charge in [0.25, 0.3) is 0 Å². The van der Waals surface area contributed by atoms with Crippen LogP contribution in [0.5, 0.6) is 0 Å². The molecule has 2 rings (SSSR count). The van der Waals surface area contributed by atoms with Crippen LogP contribution in [0.25, 0.3) is 0 Å². The van der Waals surface area contributed by atoms with E-state index in [9.17, 15) is 9.59 Å². The number of hydrogen-bond donors (Lipinski definition) is 0. The molecule has 3 nitrogen and oxygen atoms in total. The second kappa shape index (κ2) is 6.25. The maximum absolute atomic E-state index is 11.7. The Morgan fingerprint density at radius 2 is 1.95 bits per heavy atom. The van der Waals surface area contributed by atoms with Crippen molar-refractivity contribution in [2.75, 3.05) is 0 Å². The van der Waals surface area contributed by atoms with Gasteiger partial charge in [0.2, 0.25) is 0 Å². The van der Waals surface area contributed by atoms with E-state index in [-0.39, 0.29) is 17.7 Å². The normalized spacial score (nSPS) is 22.1. The first kappa shape index (κ1) is 15.5. The Balaban J connectivity index is 2.45. The molecule has 3 heteroatoms. The minimum absolute atomic E-state index is 0.0228. The smallest absolute Gasteiger partial charge is 0.331 e. The number of carbonyl (C=O) groups excluding carboxylic acids is 2. The van der Waals surface area contributed by atoms with Crippen LogP contribution in [0.4, 0.5) is 0 Å². The van der Waals surface area contributed by atoms with E-state index >= 15 is 0 Å². The molecule has 1 heterocycles. The van der Waals surface area contributed by atoms with Crippen LogP contribution in [0.1, 0.15) is 44.2 Å². The lowest BCUT2D eigenvalue weighted by Gasteiger charge is -2.35. The van der Waals surface area contributed by atoms with E-state index in [2.05, 4.69) is 6.92 Å². The molecule has 0 unspecified atom stereocenters. The number of ketones is 1. The molecule has 0 saturated heterocycles. The highest BCUT2D eigenvalue weighted by atomic mass is 16.6. The summed E-state index contributed by atoms with van der Waals surface area (Å²) >= 11 is 0. The average molecular weight is 286 g/mol. The quantitative estimate of drug-likeness (QED) is 0.749. The fraction of sp³-hybridized carbons (Fsp3) is 0.444. The predicted octanol–water partition coefficient (Wildman–Crippen LogP) is 3.70. The van der Waals surface area contributed by atoms with E-state index in [0.29, 0.717) is 6.42 Å². The van der Waals surface area contributed by atoms with Crippen molar-refractivity contribution in [1.82, 2.24) is 0 Å². The maximum atomic E-state index is 11.7. The summed E-state index contributed by atoms with van der Waals surface area (Å²) in [6, 6.07) is 7.99. The third-order valence-corrected chi connectivity index (χ3v) is 4.02. The predicted molar refractivity (Wildman–Crippen MR) is 81.8 cm³/mol. The molecule has 1 aromatic rings. The highest BCUT2D eigenvalue weighted by Crippen LogP contribution is 2.43. The van der Waals surface area contributed by atoms with Crippen molar-refractivity contribution in [2.24, 2.45) is 5.92 Å². The van der Waals surface area contributed by atoms with Gasteiger partial charge in [-0.15, -0.1) is 0 Å². The van der Waals surface area contributed by atoms with Crippen molar-refractivity contribution in [1.29, 1.82) is 0 Å². The summed E-state index contributed by atoms with van der Waals surface area (Å²) in [7, 11) is 0. The van der Waals surface area contributed by atoms with E-state index in [1.54, 1.807) is 6.92 Å². The van der Waals surface area contributed by atoms with Crippen LogP contribution in [0.2, 0.25) is 0 Å². The van der Waals surface area contributed by atoms with Gasteiger partial charge in [-0.25, -0.2) is 4.79 Å². The van der Waals surface area contributed by atoms with E-state index in [1.165, 1.54) is 6.08 Å². The molecule has 1 aliphatic heterocycles. The summed E-state index contributed by atoms with van der Waals surface area (Å²) in [5.41, 5.74) is 1.29. The van der Waals surface area contributed by atoms with Crippen molar-refractivity contribution in [2.45, 2.75) is 45.6 Å². The zero-order valence-corrected chi connectivity index (χ0v) is 12.9. The Morgan fingerprint density at radius 1 is 1.29 bits per heavy atom. The highest BCUT2D eigenvalue weighted by molar-refractivity contribution is 5.86. The number of rotatable bonds is 6. The number of ether oxygens (including phenoxy) is 1. The summed E-state index contributed by atoms with van der Waals surface area (Å²) in [6.45, 7) is 5.69. The Hall–Kier alpha value is -1.90. The second-order valence-corrected chi connectivity index (χ2v) is 5.81. The van der Waals surface area contributed by atoms with Crippen LogP contribution in [0, 0.1) is 12.8 Å². The fourth-order valence-electron chi connectivity index (χ4n) is 3.01. The Morgan fingerprint density at radius 3 is 2.43 bits per heavy atom. The summed E-state index contributed by atoms with van der Waals surface area (Å²) in [4.78, 5) is 23.3. The van der Waals surface area contributed by atoms with Gasteiger partial charge in [0, 0.05) is 18.4 Å². The minimum atomic E-state index is -0.799. The summed E-state index contributed by atoms with van der Waals surface area (Å²) in [5.74, 6) is -0.234. The van der Waals surface area contributed by atoms with Gasteiger partial charge in [0.05, 0.1) is 0 Å². The van der Waals surface area contributed by atoms with Crippen molar-refractivity contribution in [3.63, 3.8) is 0 Å². The topological polar surface area (TPSA) is 43.4 Å². The van der Waals surface area contributed by atoms with E-state index < -0.39 is 5.60 Å². The number of cyclic esters (lactones) is 1. The van der Waals surface area contributed by atoms with Gasteiger partial charge in [0.15, 0.2) is 5.60 Å². The third kappa shape index (κ3) is 3.23. The largest absolute Gasteiger partial charge is 0.446 e. The number of esters is 1. The highest BCUT2D eigenvalue weighted by Gasteiger charge is 2.44. The first-order valence-corrected chi connectivity index (χ1v) is 7.46. The van der Waals surface area contributed by atoms with Crippen molar-refractivity contribution in [3.8, 4) is 0 Å². The number of hydrogen-bond acceptors (Lipinski definition) is 3. The molecule has 2 atom stereocenters. The van der Waals surface area contributed by atoms with Gasteiger partial charge >= 0.3 is 5.97 Å². The molecule has 1 aromatic carbocycles. The standard InChI is InChI=1S/C18H22O3/c1-4-5-16(12-14(3)19)18(11-10-17(20)21-18)15-8-6-13(2)7-9-15/h6-11,16H,4-5,12H2,1-3H3/t16-,18+/m0/s1. The lowest BCUT2D eigenvalue weighted by Crippen LogP contribution is -2.36. The zero-order valence-electron chi connectivity index (χ0n) is 12.9. The lowest BCUT2D eigenvalue weighted by atomic mass is 9.76. The van der Waals surface area contributed by atoms with Crippen LogP contribution < -0.4 is 0 Å². The van der Waals surface area contributed by atoms with E-state index in [0.717, 1.165) is 24.0 Å². The molecule has 21 heavy (non-hydrogen) atoms. The summed E-state index contributed by atoms with van der Waals surface area (Å²) < 4.78 is 5.69. The third-order valence-electron chi connectivity index (χ3n) is 4.02. The molecule has 0 amide bonds. The van der Waals surface area contributed by atoms with Crippen molar-refractivity contribution >= 4 is 11.8 Å². The van der Waals surface area contributed by atoms with Crippen LogP contribution in [0.15, 0.2) is 36.4 Å². The molecule has 0 radical (unpaired) electrons. The van der Waals surface area contributed by atoms with Crippen molar-refractivity contribution < 1.29 is 14.3 Å². The molecular formula is C18H22O3. The van der Waals surface area contributed by atoms with Crippen LogP contribution in [-0.2, 0) is 19.9 Å². The van der Waals surface area contributed by atoms with Gasteiger partial charge in [0.1, 0.15) is 5.78 Å². The summed E-state index contributed by atoms with van der Waals surface area (Å²) in [6.07, 6.45) is 5.49. The van der Waals surface area contributed by atoms with Gasteiger partial charge < -0.3 is 9.53 Å². The lowest BCUT2D eigenvalue weighted by molar-refractivity contribution is -0.152. The van der Waals surface area contributed by atoms with Gasteiger partial charge in [-0.3, -0.25) is 0 Å². The van der Waals surface area contributed by atoms with Gasteiger partial charge in [-0.05, 0) is 31.9 Å². The molecule has 0 aromatic heterocycles. The Kier molecular flexibility index (Phi) is 4.61. The Labute approximate surface area is 126 Å². The monoisotopic (exact) mass is 286 g/mol. The zero-order chi connectivity index (χ0) is 15.5.